The average Bonchev–Trinajstić information content (AvgIpc) is 3.46. The molecule has 1 aliphatic heterocycles. The van der Waals surface area contributed by atoms with E-state index < -0.39 is 10.0 Å². The quantitative estimate of drug-likeness (QED) is 0.542. The van der Waals surface area contributed by atoms with Gasteiger partial charge in [0.25, 0.3) is 0 Å². The van der Waals surface area contributed by atoms with Crippen molar-refractivity contribution in [3.63, 3.8) is 0 Å². The third-order valence-corrected chi connectivity index (χ3v) is 9.08. The maximum Gasteiger partial charge on any atom is 0.243 e. The fraction of sp³-hybridized carbons (Fsp3) is 0.364. The number of thiophene rings is 1. The molecule has 31 heavy (non-hydrogen) atoms. The van der Waals surface area contributed by atoms with Crippen LogP contribution in [0.15, 0.2) is 52.1 Å². The van der Waals surface area contributed by atoms with Gasteiger partial charge in [0.05, 0.1) is 15.5 Å². The minimum absolute atomic E-state index is 0.0922. The Morgan fingerprint density at radius 2 is 1.84 bits per heavy atom. The number of benzene rings is 1. The number of carbonyl (C=O) groups is 1. The van der Waals surface area contributed by atoms with Crippen molar-refractivity contribution in [1.82, 2.24) is 9.29 Å². The number of thiazole rings is 1. The Kier molecular flexibility index (Phi) is 6.57. The van der Waals surface area contributed by atoms with E-state index in [1.54, 1.807) is 23.5 Å². The molecular formula is C22H25N3O3S3. The minimum Gasteiger partial charge on any atom is -0.302 e. The molecule has 0 aliphatic carbocycles. The van der Waals surface area contributed by atoms with E-state index in [1.807, 2.05) is 35.0 Å². The van der Waals surface area contributed by atoms with E-state index >= 15 is 0 Å². The van der Waals surface area contributed by atoms with Gasteiger partial charge in [0.2, 0.25) is 15.9 Å². The van der Waals surface area contributed by atoms with Crippen LogP contribution in [0.25, 0.3) is 10.6 Å². The predicted octanol–water partition coefficient (Wildman–Crippen LogP) is 5.03. The number of aromatic nitrogens is 1. The van der Waals surface area contributed by atoms with Gasteiger partial charge in [-0.05, 0) is 47.9 Å². The SMILES string of the molecule is CC(C)c1ccc(S(=O)(=O)N2CCC(C(=O)Nc3nc(-c4cccs4)cs3)CC2)cc1. The second kappa shape index (κ2) is 9.20. The zero-order valence-electron chi connectivity index (χ0n) is 17.4. The van der Waals surface area contributed by atoms with Crippen LogP contribution in [0.3, 0.4) is 0 Å². The Hall–Kier alpha value is -2.07. The predicted molar refractivity (Wildman–Crippen MR) is 126 cm³/mol. The Labute approximate surface area is 191 Å². The molecule has 1 amide bonds. The van der Waals surface area contributed by atoms with Gasteiger partial charge in [0.1, 0.15) is 0 Å². The van der Waals surface area contributed by atoms with Gasteiger partial charge in [0, 0.05) is 24.4 Å². The molecule has 6 nitrogen and oxygen atoms in total. The van der Waals surface area contributed by atoms with Crippen molar-refractivity contribution < 1.29 is 13.2 Å². The number of amides is 1. The van der Waals surface area contributed by atoms with Crippen LogP contribution >= 0.6 is 22.7 Å². The molecule has 1 aliphatic rings. The molecule has 0 saturated carbocycles. The van der Waals surface area contributed by atoms with Crippen LogP contribution in [0.4, 0.5) is 5.13 Å². The van der Waals surface area contributed by atoms with Crippen LogP contribution in [0.1, 0.15) is 38.2 Å². The number of hydrogen-bond donors (Lipinski definition) is 1. The van der Waals surface area contributed by atoms with Crippen molar-refractivity contribution >= 4 is 43.7 Å². The lowest BCUT2D eigenvalue weighted by atomic mass is 9.97. The maximum absolute atomic E-state index is 13.0. The minimum atomic E-state index is -3.54. The third-order valence-electron chi connectivity index (χ3n) is 5.52. The van der Waals surface area contributed by atoms with Crippen LogP contribution < -0.4 is 5.32 Å². The summed E-state index contributed by atoms with van der Waals surface area (Å²) in [5.41, 5.74) is 1.97. The molecule has 3 aromatic rings. The van der Waals surface area contributed by atoms with Crippen LogP contribution in [-0.4, -0.2) is 36.7 Å². The van der Waals surface area contributed by atoms with E-state index in [0.29, 0.717) is 41.9 Å². The smallest absolute Gasteiger partial charge is 0.243 e. The highest BCUT2D eigenvalue weighted by Gasteiger charge is 2.32. The van der Waals surface area contributed by atoms with Gasteiger partial charge in [0.15, 0.2) is 5.13 Å². The van der Waals surface area contributed by atoms with E-state index in [4.69, 9.17) is 0 Å². The Bertz CT molecular complexity index is 1130. The highest BCUT2D eigenvalue weighted by molar-refractivity contribution is 7.89. The number of rotatable bonds is 6. The Morgan fingerprint density at radius 3 is 2.45 bits per heavy atom. The molecule has 1 saturated heterocycles. The molecule has 0 atom stereocenters. The molecule has 0 radical (unpaired) electrons. The van der Waals surface area contributed by atoms with Crippen molar-refractivity contribution in [2.24, 2.45) is 5.92 Å². The van der Waals surface area contributed by atoms with Gasteiger partial charge in [-0.25, -0.2) is 13.4 Å². The van der Waals surface area contributed by atoms with Crippen LogP contribution in [0.5, 0.6) is 0 Å². The summed E-state index contributed by atoms with van der Waals surface area (Å²) in [6, 6.07) is 11.1. The number of anilines is 1. The monoisotopic (exact) mass is 475 g/mol. The first-order valence-electron chi connectivity index (χ1n) is 10.2. The van der Waals surface area contributed by atoms with Gasteiger partial charge in [-0.15, -0.1) is 22.7 Å². The molecule has 1 N–H and O–H groups in total. The van der Waals surface area contributed by atoms with Crippen molar-refractivity contribution in [2.75, 3.05) is 18.4 Å². The Balaban J connectivity index is 1.35. The molecule has 9 heteroatoms. The molecular weight excluding hydrogens is 450 g/mol. The molecule has 0 bridgehead atoms. The summed E-state index contributed by atoms with van der Waals surface area (Å²) in [4.78, 5) is 18.5. The maximum atomic E-state index is 13.0. The van der Waals surface area contributed by atoms with Crippen molar-refractivity contribution in [1.29, 1.82) is 0 Å². The van der Waals surface area contributed by atoms with Crippen molar-refractivity contribution in [3.8, 4) is 10.6 Å². The van der Waals surface area contributed by atoms with E-state index in [2.05, 4.69) is 24.1 Å². The molecule has 4 rings (SSSR count). The van der Waals surface area contributed by atoms with Gasteiger partial charge in [-0.2, -0.15) is 4.31 Å². The fourth-order valence-electron chi connectivity index (χ4n) is 3.61. The fourth-order valence-corrected chi connectivity index (χ4v) is 6.55. The number of nitrogens with zero attached hydrogens (tertiary/aromatic N) is 2. The van der Waals surface area contributed by atoms with Crippen LogP contribution in [-0.2, 0) is 14.8 Å². The second-order valence-corrected chi connectivity index (χ2v) is 11.7. The lowest BCUT2D eigenvalue weighted by Gasteiger charge is -2.30. The van der Waals surface area contributed by atoms with Crippen LogP contribution in [0, 0.1) is 5.92 Å². The van der Waals surface area contributed by atoms with Crippen molar-refractivity contribution in [3.05, 3.63) is 52.7 Å². The topological polar surface area (TPSA) is 79.4 Å². The molecule has 1 aromatic carbocycles. The second-order valence-electron chi connectivity index (χ2n) is 7.91. The summed E-state index contributed by atoms with van der Waals surface area (Å²) in [5.74, 6) is 0.0412. The Morgan fingerprint density at radius 1 is 1.13 bits per heavy atom. The summed E-state index contributed by atoms with van der Waals surface area (Å²) in [5, 5.41) is 7.40. The number of nitrogens with one attached hydrogen (secondary N) is 1. The number of hydrogen-bond acceptors (Lipinski definition) is 6. The van der Waals surface area contributed by atoms with E-state index in [-0.39, 0.29) is 11.8 Å². The van der Waals surface area contributed by atoms with Gasteiger partial charge in [-0.3, -0.25) is 4.79 Å². The molecule has 3 heterocycles. The molecule has 2 aromatic heterocycles. The zero-order chi connectivity index (χ0) is 22.0. The lowest BCUT2D eigenvalue weighted by Crippen LogP contribution is -2.41. The van der Waals surface area contributed by atoms with Gasteiger partial charge in [-0.1, -0.05) is 32.0 Å². The summed E-state index contributed by atoms with van der Waals surface area (Å²) in [6.45, 7) is 4.83. The number of sulfonamides is 1. The lowest BCUT2D eigenvalue weighted by molar-refractivity contribution is -0.120. The van der Waals surface area contributed by atoms with E-state index in [9.17, 15) is 13.2 Å². The molecule has 1 fully saturated rings. The average molecular weight is 476 g/mol. The highest BCUT2D eigenvalue weighted by Crippen LogP contribution is 2.30. The first-order chi connectivity index (χ1) is 14.8. The number of carbonyl (C=O) groups excluding carboxylic acids is 1. The normalized spacial score (nSPS) is 16.0. The number of piperidine rings is 1. The summed E-state index contributed by atoms with van der Waals surface area (Å²) >= 11 is 3.01. The van der Waals surface area contributed by atoms with Crippen LogP contribution in [0.2, 0.25) is 0 Å². The van der Waals surface area contributed by atoms with E-state index in [1.165, 1.54) is 15.6 Å². The summed E-state index contributed by atoms with van der Waals surface area (Å²) in [7, 11) is -3.54. The first-order valence-corrected chi connectivity index (χ1v) is 13.4. The van der Waals surface area contributed by atoms with Crippen molar-refractivity contribution in [2.45, 2.75) is 37.5 Å². The van der Waals surface area contributed by atoms with Gasteiger partial charge < -0.3 is 5.32 Å². The van der Waals surface area contributed by atoms with E-state index in [0.717, 1.165) is 16.1 Å². The highest BCUT2D eigenvalue weighted by atomic mass is 32.2. The van der Waals surface area contributed by atoms with Gasteiger partial charge >= 0.3 is 0 Å². The first kappa shape index (κ1) is 22.1. The third kappa shape index (κ3) is 4.90. The summed E-state index contributed by atoms with van der Waals surface area (Å²) < 4.78 is 27.4. The standard InChI is InChI=1S/C22H25N3O3S3/c1-15(2)16-5-7-18(8-6-16)31(27,28)25-11-9-17(10-12-25)21(26)24-22-23-19(14-30-22)20-4-3-13-29-20/h3-8,13-15,17H,9-12H2,1-2H3,(H,23,24,26). The molecule has 164 valence electrons. The summed E-state index contributed by atoms with van der Waals surface area (Å²) in [6.07, 6.45) is 0.997. The molecule has 0 unspecified atom stereocenters. The largest absolute Gasteiger partial charge is 0.302 e. The molecule has 0 spiro atoms. The zero-order valence-corrected chi connectivity index (χ0v) is 19.9.